The molecular formula is C25H23F3N2O3. The summed E-state index contributed by atoms with van der Waals surface area (Å²) in [6.07, 6.45) is 0.457. The fraction of sp³-hybridized carbons (Fsp3) is 0.280. The van der Waals surface area contributed by atoms with Crippen molar-refractivity contribution in [2.24, 2.45) is 0 Å². The Morgan fingerprint density at radius 1 is 1.09 bits per heavy atom. The lowest BCUT2D eigenvalue weighted by Crippen LogP contribution is -2.30. The second-order valence-corrected chi connectivity index (χ2v) is 8.22. The highest BCUT2D eigenvalue weighted by Crippen LogP contribution is 2.37. The van der Waals surface area contributed by atoms with E-state index in [1.165, 1.54) is 12.1 Å². The summed E-state index contributed by atoms with van der Waals surface area (Å²) in [7, 11) is 0. The predicted octanol–water partition coefficient (Wildman–Crippen LogP) is 5.14. The van der Waals surface area contributed by atoms with Crippen LogP contribution < -0.4 is 16.0 Å². The van der Waals surface area contributed by atoms with Crippen LogP contribution in [0.25, 0.3) is 5.57 Å². The topological polar surface area (TPSA) is 75.0 Å². The Morgan fingerprint density at radius 2 is 1.85 bits per heavy atom. The molecule has 0 bridgehead atoms. The molecule has 1 unspecified atom stereocenters. The van der Waals surface area contributed by atoms with E-state index in [-0.39, 0.29) is 11.7 Å². The molecule has 0 aliphatic heterocycles. The first kappa shape index (κ1) is 22.6. The Bertz CT molecular complexity index is 1290. The van der Waals surface area contributed by atoms with Crippen molar-refractivity contribution in [2.75, 3.05) is 0 Å². The van der Waals surface area contributed by atoms with Crippen molar-refractivity contribution in [3.63, 3.8) is 0 Å². The van der Waals surface area contributed by atoms with E-state index in [1.807, 2.05) is 36.4 Å². The zero-order valence-electron chi connectivity index (χ0n) is 18.0. The van der Waals surface area contributed by atoms with Crippen molar-refractivity contribution in [3.8, 4) is 5.75 Å². The average Bonchev–Trinajstić information content (AvgIpc) is 2.75. The molecule has 8 heteroatoms. The van der Waals surface area contributed by atoms with E-state index in [4.69, 9.17) is 0 Å². The van der Waals surface area contributed by atoms with Gasteiger partial charge in [-0.25, -0.2) is 9.18 Å². The minimum absolute atomic E-state index is 0.105. The molecule has 33 heavy (non-hydrogen) atoms. The van der Waals surface area contributed by atoms with Crippen LogP contribution in [-0.4, -0.2) is 16.1 Å². The molecule has 2 N–H and O–H groups in total. The van der Waals surface area contributed by atoms with Gasteiger partial charge in [-0.2, -0.15) is 8.78 Å². The van der Waals surface area contributed by atoms with Gasteiger partial charge in [-0.15, -0.1) is 0 Å². The second-order valence-electron chi connectivity index (χ2n) is 8.22. The normalized spacial score (nSPS) is 16.4. The van der Waals surface area contributed by atoms with E-state index in [1.54, 1.807) is 0 Å². The summed E-state index contributed by atoms with van der Waals surface area (Å²) >= 11 is 0. The SMILES string of the molecule is CC(F)(F)Oc1ccc(C2=CCC(c3[nH]c(=O)[nH]c(=O)c3Cc3ccccc3)CC2)c(F)c1. The fourth-order valence-electron chi connectivity index (χ4n) is 4.22. The minimum Gasteiger partial charge on any atom is -0.433 e. The summed E-state index contributed by atoms with van der Waals surface area (Å²) in [6.45, 7) is 0.591. The van der Waals surface area contributed by atoms with E-state index in [9.17, 15) is 22.8 Å². The van der Waals surface area contributed by atoms with E-state index in [2.05, 4.69) is 14.7 Å². The monoisotopic (exact) mass is 456 g/mol. The van der Waals surface area contributed by atoms with Crippen molar-refractivity contribution in [1.29, 1.82) is 0 Å². The second kappa shape index (κ2) is 9.13. The van der Waals surface area contributed by atoms with Crippen LogP contribution in [0.1, 0.15) is 54.5 Å². The first-order valence-corrected chi connectivity index (χ1v) is 10.6. The Morgan fingerprint density at radius 3 is 2.48 bits per heavy atom. The Hall–Kier alpha value is -3.55. The Labute approximate surface area is 188 Å². The molecule has 5 nitrogen and oxygen atoms in total. The highest BCUT2D eigenvalue weighted by Gasteiger charge is 2.26. The maximum Gasteiger partial charge on any atom is 0.394 e. The molecule has 0 saturated carbocycles. The van der Waals surface area contributed by atoms with Crippen molar-refractivity contribution in [1.82, 2.24) is 9.97 Å². The highest BCUT2D eigenvalue weighted by atomic mass is 19.3. The van der Waals surface area contributed by atoms with E-state index >= 15 is 0 Å². The summed E-state index contributed by atoms with van der Waals surface area (Å²) < 4.78 is 45.0. The molecule has 1 atom stereocenters. The van der Waals surface area contributed by atoms with Crippen LogP contribution in [0.4, 0.5) is 13.2 Å². The summed E-state index contributed by atoms with van der Waals surface area (Å²) in [4.78, 5) is 29.6. The molecule has 2 aromatic carbocycles. The molecule has 3 aromatic rings. The first-order valence-electron chi connectivity index (χ1n) is 10.6. The zero-order valence-corrected chi connectivity index (χ0v) is 18.0. The maximum atomic E-state index is 14.6. The molecule has 1 aromatic heterocycles. The van der Waals surface area contributed by atoms with Gasteiger partial charge in [0.15, 0.2) is 0 Å². The number of aromatic amines is 2. The van der Waals surface area contributed by atoms with E-state index in [0.29, 0.717) is 49.4 Å². The summed E-state index contributed by atoms with van der Waals surface area (Å²) in [6, 6.07) is 13.2. The number of ether oxygens (including phenoxy) is 1. The number of benzene rings is 2. The summed E-state index contributed by atoms with van der Waals surface area (Å²) in [5, 5.41) is 0. The molecule has 172 valence electrons. The number of aromatic nitrogens is 2. The first-order chi connectivity index (χ1) is 15.7. The van der Waals surface area contributed by atoms with Gasteiger partial charge in [0.1, 0.15) is 11.6 Å². The van der Waals surface area contributed by atoms with Gasteiger partial charge in [0.05, 0.1) is 0 Å². The minimum atomic E-state index is -3.40. The average molecular weight is 456 g/mol. The third kappa shape index (κ3) is 5.45. The summed E-state index contributed by atoms with van der Waals surface area (Å²) in [5.41, 5.74) is 2.15. The van der Waals surface area contributed by atoms with Gasteiger partial charge in [-0.3, -0.25) is 9.78 Å². The molecule has 1 aliphatic carbocycles. The van der Waals surface area contributed by atoms with Crippen LogP contribution in [0.5, 0.6) is 5.75 Å². The van der Waals surface area contributed by atoms with Crippen LogP contribution in [0.3, 0.4) is 0 Å². The van der Waals surface area contributed by atoms with Gasteiger partial charge in [-0.05, 0) is 42.5 Å². The van der Waals surface area contributed by atoms with Gasteiger partial charge in [0, 0.05) is 42.1 Å². The zero-order chi connectivity index (χ0) is 23.6. The van der Waals surface area contributed by atoms with Gasteiger partial charge in [0.2, 0.25) is 0 Å². The molecule has 1 heterocycles. The molecule has 1 aliphatic rings. The molecule has 0 radical (unpaired) electrons. The smallest absolute Gasteiger partial charge is 0.394 e. The summed E-state index contributed by atoms with van der Waals surface area (Å²) in [5.74, 6) is -0.993. The Kier molecular flexibility index (Phi) is 6.26. The van der Waals surface area contributed by atoms with E-state index < -0.39 is 23.2 Å². The van der Waals surface area contributed by atoms with Crippen molar-refractivity contribution in [3.05, 3.63) is 104 Å². The molecule has 0 spiro atoms. The van der Waals surface area contributed by atoms with Crippen LogP contribution in [0, 0.1) is 5.82 Å². The molecule has 4 rings (SSSR count). The molecular weight excluding hydrogens is 433 g/mol. The number of hydrogen-bond acceptors (Lipinski definition) is 3. The number of halogens is 3. The maximum absolute atomic E-state index is 14.6. The molecule has 0 fully saturated rings. The van der Waals surface area contributed by atoms with Crippen LogP contribution >= 0.6 is 0 Å². The van der Waals surface area contributed by atoms with Gasteiger partial charge in [0.25, 0.3) is 5.56 Å². The van der Waals surface area contributed by atoms with Crippen molar-refractivity contribution in [2.45, 2.75) is 44.6 Å². The lowest BCUT2D eigenvalue weighted by molar-refractivity contribution is -0.159. The van der Waals surface area contributed by atoms with Crippen molar-refractivity contribution >= 4 is 5.57 Å². The lowest BCUT2D eigenvalue weighted by atomic mass is 9.82. The van der Waals surface area contributed by atoms with Gasteiger partial charge < -0.3 is 9.72 Å². The lowest BCUT2D eigenvalue weighted by Gasteiger charge is -2.24. The van der Waals surface area contributed by atoms with Crippen molar-refractivity contribution < 1.29 is 17.9 Å². The Balaban J connectivity index is 1.58. The number of hydrogen-bond donors (Lipinski definition) is 2. The standard InChI is InChI=1S/C25H23F3N2O3/c1-25(27,28)33-18-11-12-19(21(26)14-18)16-7-9-17(10-8-16)22-20(23(31)30-24(32)29-22)13-15-5-3-2-4-6-15/h2-7,11-12,14,17H,8-10,13H2,1H3,(H2,29,30,31,32). The highest BCUT2D eigenvalue weighted by molar-refractivity contribution is 5.67. The largest absolute Gasteiger partial charge is 0.433 e. The van der Waals surface area contributed by atoms with Crippen LogP contribution in [0.15, 0.2) is 64.2 Å². The molecule has 0 amide bonds. The van der Waals surface area contributed by atoms with E-state index in [0.717, 1.165) is 17.2 Å². The van der Waals surface area contributed by atoms with Gasteiger partial charge in [-0.1, -0.05) is 36.4 Å². The molecule has 0 saturated heterocycles. The number of allylic oxidation sites excluding steroid dienone is 2. The number of nitrogens with one attached hydrogen (secondary N) is 2. The predicted molar refractivity (Wildman–Crippen MR) is 119 cm³/mol. The van der Waals surface area contributed by atoms with Gasteiger partial charge >= 0.3 is 11.8 Å². The van der Waals surface area contributed by atoms with Crippen LogP contribution in [0.2, 0.25) is 0 Å². The van der Waals surface area contributed by atoms with Crippen LogP contribution in [-0.2, 0) is 6.42 Å². The number of H-pyrrole nitrogens is 2. The fourth-order valence-corrected chi connectivity index (χ4v) is 4.22. The third-order valence-electron chi connectivity index (χ3n) is 5.70. The number of rotatable bonds is 6. The number of alkyl halides is 2. The quantitative estimate of drug-likeness (QED) is 0.540. The third-order valence-corrected chi connectivity index (χ3v) is 5.70.